The van der Waals surface area contributed by atoms with E-state index in [4.69, 9.17) is 4.55 Å². The molecule has 3 nitrogen and oxygen atoms in total. The predicted molar refractivity (Wildman–Crippen MR) is 41.0 cm³/mol. The first-order valence-corrected chi connectivity index (χ1v) is 4.48. The van der Waals surface area contributed by atoms with Crippen LogP contribution in [0.1, 0.15) is 5.56 Å². The summed E-state index contributed by atoms with van der Waals surface area (Å²) in [7, 11) is -4.02. The molecule has 0 bridgehead atoms. The van der Waals surface area contributed by atoms with Gasteiger partial charge in [-0.25, -0.2) is 0 Å². The van der Waals surface area contributed by atoms with E-state index in [9.17, 15) is 8.42 Å². The molecular weight excluding hydrogens is 223 g/mol. The fourth-order valence-corrected chi connectivity index (χ4v) is 1.19. The zero-order valence-corrected chi connectivity index (χ0v) is 8.10. The molecule has 0 aromatic heterocycles. The van der Waals surface area contributed by atoms with Gasteiger partial charge in [-0.05, 0) is 19.1 Å². The Kier molecular flexibility index (Phi) is 3.90. The molecule has 1 aromatic rings. The van der Waals surface area contributed by atoms with Crippen molar-refractivity contribution in [3.05, 3.63) is 29.8 Å². The Morgan fingerprint density at radius 3 is 1.92 bits per heavy atom. The van der Waals surface area contributed by atoms with Crippen LogP contribution in [0, 0.1) is 6.92 Å². The Labute approximate surface area is 81.5 Å². The number of benzene rings is 1. The molecule has 0 spiro atoms. The van der Waals surface area contributed by atoms with Crippen molar-refractivity contribution in [1.29, 1.82) is 0 Å². The quantitative estimate of drug-likeness (QED) is 0.584. The van der Waals surface area contributed by atoms with E-state index in [-0.39, 0.29) is 21.4 Å². The van der Waals surface area contributed by atoms with E-state index in [0.29, 0.717) is 0 Å². The summed E-state index contributed by atoms with van der Waals surface area (Å²) in [6.07, 6.45) is 0. The van der Waals surface area contributed by atoms with Gasteiger partial charge in [0.15, 0.2) is 0 Å². The van der Waals surface area contributed by atoms with Crippen LogP contribution in [0.3, 0.4) is 0 Å². The van der Waals surface area contributed by atoms with Crippen LogP contribution in [0.5, 0.6) is 0 Å². The van der Waals surface area contributed by atoms with E-state index < -0.39 is 10.1 Å². The second kappa shape index (κ2) is 4.03. The molecule has 0 atom stereocenters. The van der Waals surface area contributed by atoms with Crippen LogP contribution >= 0.6 is 0 Å². The molecule has 1 N–H and O–H groups in total. The summed E-state index contributed by atoms with van der Waals surface area (Å²) < 4.78 is 29.6. The summed E-state index contributed by atoms with van der Waals surface area (Å²) in [6, 6.07) is 5.99. The molecule has 12 heavy (non-hydrogen) atoms. The molecule has 0 aliphatic rings. The second-order valence-electron chi connectivity index (χ2n) is 2.29. The van der Waals surface area contributed by atoms with Crippen LogP contribution in [-0.2, 0) is 26.6 Å². The first kappa shape index (κ1) is 11.6. The Morgan fingerprint density at radius 1 is 1.17 bits per heavy atom. The summed E-state index contributed by atoms with van der Waals surface area (Å²) in [5.41, 5.74) is 0.956. The number of hydrogen-bond acceptors (Lipinski definition) is 2. The number of hydrogen-bond donors (Lipinski definition) is 1. The van der Waals surface area contributed by atoms with Gasteiger partial charge in [-0.15, -0.1) is 0 Å². The van der Waals surface area contributed by atoms with E-state index in [1.54, 1.807) is 12.1 Å². The Balaban J connectivity index is 0.00000121. The number of rotatable bonds is 1. The topological polar surface area (TPSA) is 54.4 Å². The maximum atomic E-state index is 10.5. The van der Waals surface area contributed by atoms with E-state index in [2.05, 4.69) is 0 Å². The fraction of sp³-hybridized carbons (Fsp3) is 0.143. The first-order valence-electron chi connectivity index (χ1n) is 3.04. The van der Waals surface area contributed by atoms with E-state index in [0.717, 1.165) is 5.56 Å². The maximum absolute atomic E-state index is 10.5. The largest absolute Gasteiger partial charge is 0.294 e. The van der Waals surface area contributed by atoms with Crippen LogP contribution in [0.2, 0.25) is 0 Å². The Hall–Kier alpha value is -0.376. The standard InChI is InChI=1S/C7H8O3S.Ni/c1-6-2-4-7(5-3-6)11(8,9)10;/h2-5H,1H3,(H,8,9,10);. The molecule has 1 rings (SSSR count). The van der Waals surface area contributed by atoms with Gasteiger partial charge in [-0.2, -0.15) is 8.42 Å². The summed E-state index contributed by atoms with van der Waals surface area (Å²) >= 11 is 0. The molecule has 70 valence electrons. The van der Waals surface area contributed by atoms with Gasteiger partial charge >= 0.3 is 0 Å². The van der Waals surface area contributed by atoms with Crippen LogP contribution in [0.25, 0.3) is 0 Å². The molecule has 1 aromatic carbocycles. The third kappa shape index (κ3) is 2.93. The molecule has 0 heterocycles. The summed E-state index contributed by atoms with van der Waals surface area (Å²) in [4.78, 5) is -0.0666. The minimum absolute atomic E-state index is 0. The number of aryl methyl sites for hydroxylation is 1. The normalized spacial score (nSPS) is 10.5. The molecule has 0 saturated heterocycles. The van der Waals surface area contributed by atoms with Gasteiger partial charge in [-0.1, -0.05) is 17.7 Å². The van der Waals surface area contributed by atoms with Crippen molar-refractivity contribution >= 4 is 10.1 Å². The summed E-state index contributed by atoms with van der Waals surface area (Å²) in [6.45, 7) is 1.84. The van der Waals surface area contributed by atoms with Crippen LogP contribution in [-0.4, -0.2) is 13.0 Å². The van der Waals surface area contributed by atoms with Gasteiger partial charge in [0, 0.05) is 16.5 Å². The third-order valence-electron chi connectivity index (χ3n) is 1.32. The third-order valence-corrected chi connectivity index (χ3v) is 2.19. The van der Waals surface area contributed by atoms with Gasteiger partial charge < -0.3 is 0 Å². The van der Waals surface area contributed by atoms with Crippen molar-refractivity contribution < 1.29 is 29.5 Å². The van der Waals surface area contributed by atoms with E-state index in [1.807, 2.05) is 6.92 Å². The molecule has 0 radical (unpaired) electrons. The SMILES string of the molecule is Cc1ccc(S(=O)(=O)O)cc1.[Ni]. The molecule has 0 amide bonds. The Morgan fingerprint density at radius 2 is 1.58 bits per heavy atom. The van der Waals surface area contributed by atoms with Gasteiger partial charge in [0.2, 0.25) is 0 Å². The van der Waals surface area contributed by atoms with Gasteiger partial charge in [0.25, 0.3) is 10.1 Å². The van der Waals surface area contributed by atoms with Crippen molar-refractivity contribution in [2.45, 2.75) is 11.8 Å². The first-order chi connectivity index (χ1) is 5.00. The summed E-state index contributed by atoms with van der Waals surface area (Å²) in [5, 5.41) is 0. The maximum Gasteiger partial charge on any atom is 0.294 e. The monoisotopic (exact) mass is 230 g/mol. The molecule has 0 fully saturated rings. The average molecular weight is 231 g/mol. The molecule has 0 saturated carbocycles. The average Bonchev–Trinajstić information content (AvgIpc) is 1.86. The smallest absolute Gasteiger partial charge is 0.282 e. The van der Waals surface area contributed by atoms with Gasteiger partial charge in [-0.3, -0.25) is 4.55 Å². The molecule has 0 aliphatic carbocycles. The molecule has 5 heteroatoms. The zero-order chi connectivity index (χ0) is 8.48. The Bertz CT molecular complexity index is 341. The van der Waals surface area contributed by atoms with Crippen molar-refractivity contribution in [1.82, 2.24) is 0 Å². The fourth-order valence-electron chi connectivity index (χ4n) is 0.710. The van der Waals surface area contributed by atoms with Crippen LogP contribution in [0.4, 0.5) is 0 Å². The van der Waals surface area contributed by atoms with Crippen LogP contribution in [0.15, 0.2) is 29.2 Å². The van der Waals surface area contributed by atoms with Crippen molar-refractivity contribution in [2.75, 3.05) is 0 Å². The molecular formula is C7H8NiO3S. The van der Waals surface area contributed by atoms with Gasteiger partial charge in [0.1, 0.15) is 0 Å². The minimum Gasteiger partial charge on any atom is -0.282 e. The van der Waals surface area contributed by atoms with Crippen molar-refractivity contribution in [3.63, 3.8) is 0 Å². The zero-order valence-electron chi connectivity index (χ0n) is 6.30. The second-order valence-corrected chi connectivity index (χ2v) is 3.71. The molecule has 0 unspecified atom stereocenters. The van der Waals surface area contributed by atoms with Gasteiger partial charge in [0.05, 0.1) is 4.90 Å². The summed E-state index contributed by atoms with van der Waals surface area (Å²) in [5.74, 6) is 0. The van der Waals surface area contributed by atoms with Crippen molar-refractivity contribution in [3.8, 4) is 0 Å². The van der Waals surface area contributed by atoms with Crippen LogP contribution < -0.4 is 0 Å². The predicted octanol–water partition coefficient (Wildman–Crippen LogP) is 1.24. The minimum atomic E-state index is -4.02. The van der Waals surface area contributed by atoms with Crippen molar-refractivity contribution in [2.24, 2.45) is 0 Å². The molecule has 0 aliphatic heterocycles. The van der Waals surface area contributed by atoms with E-state index >= 15 is 0 Å². The van der Waals surface area contributed by atoms with E-state index in [1.165, 1.54) is 12.1 Å².